The Bertz CT molecular complexity index is 1480. The van der Waals surface area contributed by atoms with E-state index < -0.39 is 17.6 Å². The normalized spacial score (nSPS) is 25.5. The highest BCUT2D eigenvalue weighted by molar-refractivity contribution is 6.05. The van der Waals surface area contributed by atoms with E-state index in [4.69, 9.17) is 20.3 Å². The lowest BCUT2D eigenvalue weighted by Crippen LogP contribution is -2.54. The predicted molar refractivity (Wildman–Crippen MR) is 144 cm³/mol. The number of hydrogen-bond acceptors (Lipinski definition) is 8. The standard InChI is InChI=1S/C28H28F3N7O3/c1-27(16-40-17-27)15-37-9-11-41-22(14-37)24-21-13-33-8-10-38(21,32)25(36-24)18-2-4-19(5-3-18)26(39)35-23-12-20(6-7-34-23)28(29,30)31/h2-8,10,12-13,22H,9,11,14-17,32H2,1H3/p+1/t22-,38?/m1/s1. The number of anilines is 1. The van der Waals surface area contributed by atoms with Crippen molar-refractivity contribution in [2.75, 3.05) is 44.8 Å². The summed E-state index contributed by atoms with van der Waals surface area (Å²) in [5.74, 6) is 6.60. The molecule has 3 N–H and O–H groups in total. The number of aromatic nitrogens is 1. The second-order valence-corrected chi connectivity index (χ2v) is 10.9. The van der Waals surface area contributed by atoms with Gasteiger partial charge in [-0.1, -0.05) is 6.92 Å². The maximum absolute atomic E-state index is 13.0. The molecule has 2 atom stereocenters. The molecule has 0 spiro atoms. The Kier molecular flexibility index (Phi) is 6.86. The predicted octanol–water partition coefficient (Wildman–Crippen LogP) is 3.31. The molecule has 2 saturated heterocycles. The van der Waals surface area contributed by atoms with E-state index >= 15 is 0 Å². The zero-order valence-electron chi connectivity index (χ0n) is 22.3. The molecule has 1 amide bonds. The van der Waals surface area contributed by atoms with Crippen LogP contribution < -0.4 is 11.2 Å². The van der Waals surface area contributed by atoms with Gasteiger partial charge < -0.3 is 14.8 Å². The van der Waals surface area contributed by atoms with Gasteiger partial charge in [0.1, 0.15) is 23.8 Å². The zero-order valence-corrected chi connectivity index (χ0v) is 22.3. The second kappa shape index (κ2) is 10.3. The lowest BCUT2D eigenvalue weighted by Gasteiger charge is -2.44. The highest BCUT2D eigenvalue weighted by Gasteiger charge is 2.47. The van der Waals surface area contributed by atoms with Crippen molar-refractivity contribution in [3.8, 4) is 0 Å². The molecule has 6 rings (SSSR count). The smallest absolute Gasteiger partial charge is 0.380 e. The van der Waals surface area contributed by atoms with Gasteiger partial charge in [0.25, 0.3) is 11.7 Å². The first kappa shape index (κ1) is 27.4. The van der Waals surface area contributed by atoms with Gasteiger partial charge in [0.05, 0.1) is 43.4 Å². The van der Waals surface area contributed by atoms with Gasteiger partial charge in [-0.3, -0.25) is 14.7 Å². The molecule has 4 aliphatic rings. The Hall–Kier alpha value is -3.75. The number of benzene rings is 1. The largest absolute Gasteiger partial charge is 0.416 e. The molecule has 13 heteroatoms. The van der Waals surface area contributed by atoms with Crippen molar-refractivity contribution in [3.05, 3.63) is 83.1 Å². The van der Waals surface area contributed by atoms with Crippen LogP contribution in [0, 0.1) is 5.41 Å². The van der Waals surface area contributed by atoms with Gasteiger partial charge in [0, 0.05) is 36.8 Å². The van der Waals surface area contributed by atoms with Gasteiger partial charge in [0.15, 0.2) is 0 Å². The van der Waals surface area contributed by atoms with Crippen molar-refractivity contribution < 1.29 is 32.0 Å². The number of ether oxygens (including phenoxy) is 2. The fourth-order valence-electron chi connectivity index (χ4n) is 5.37. The minimum absolute atomic E-state index is 0.137. The summed E-state index contributed by atoms with van der Waals surface area (Å²) < 4.78 is 50.4. The fraction of sp³-hybridized carbons (Fsp3) is 0.357. The number of alkyl halides is 3. The number of allylic oxidation sites excluding steroid dienone is 1. The van der Waals surface area contributed by atoms with Crippen LogP contribution in [0.25, 0.3) is 0 Å². The van der Waals surface area contributed by atoms with Crippen molar-refractivity contribution in [1.29, 1.82) is 0 Å². The maximum Gasteiger partial charge on any atom is 0.416 e. The summed E-state index contributed by atoms with van der Waals surface area (Å²) in [5, 5.41) is 2.42. The number of quaternary nitrogens is 1. The lowest BCUT2D eigenvalue weighted by atomic mass is 9.88. The number of rotatable bonds is 6. The molecule has 0 aliphatic carbocycles. The number of hydrogen-bond donors (Lipinski definition) is 2. The zero-order chi connectivity index (χ0) is 28.8. The average molecular weight is 569 g/mol. The van der Waals surface area contributed by atoms with E-state index in [1.807, 2.05) is 0 Å². The van der Waals surface area contributed by atoms with Crippen LogP contribution in [0.3, 0.4) is 0 Å². The molecule has 1 aromatic carbocycles. The summed E-state index contributed by atoms with van der Waals surface area (Å²) in [6.45, 7) is 6.65. The molecule has 1 unspecified atom stereocenters. The van der Waals surface area contributed by atoms with Crippen LogP contribution in [0.2, 0.25) is 0 Å². The number of nitrogens with two attached hydrogens (primary N) is 1. The minimum atomic E-state index is -4.54. The molecule has 214 valence electrons. The van der Waals surface area contributed by atoms with E-state index in [1.165, 1.54) is 0 Å². The summed E-state index contributed by atoms with van der Waals surface area (Å²) in [7, 11) is 0. The first-order chi connectivity index (χ1) is 19.5. The van der Waals surface area contributed by atoms with Crippen molar-refractivity contribution >= 4 is 23.8 Å². The number of nitrogens with zero attached hydrogens (tertiary/aromatic N) is 5. The van der Waals surface area contributed by atoms with Crippen LogP contribution in [-0.2, 0) is 15.7 Å². The third-order valence-electron chi connectivity index (χ3n) is 7.52. The average Bonchev–Trinajstić information content (AvgIpc) is 3.25. The molecule has 0 saturated carbocycles. The molecule has 41 heavy (non-hydrogen) atoms. The first-order valence-electron chi connectivity index (χ1n) is 13.1. The molecule has 5 heterocycles. The lowest BCUT2D eigenvalue weighted by molar-refractivity contribution is -0.750. The third-order valence-corrected chi connectivity index (χ3v) is 7.52. The van der Waals surface area contributed by atoms with Gasteiger partial charge in [-0.05, 0) is 36.4 Å². The van der Waals surface area contributed by atoms with E-state index in [9.17, 15) is 18.0 Å². The SMILES string of the molecule is CC1(CN2CCO[C@@H](C3=C4C=NC=C[N+]4(N)C(c4ccc(C(=O)Nc5cc(C(F)(F)F)ccn5)cc4)=N3)C2)COC1. The number of carbonyl (C=O) groups excluding carboxylic acids is 1. The van der Waals surface area contributed by atoms with Crippen LogP contribution in [0.5, 0.6) is 0 Å². The molecule has 1 aromatic heterocycles. The summed E-state index contributed by atoms with van der Waals surface area (Å²) in [6, 6.07) is 8.15. The number of carbonyl (C=O) groups is 1. The molecule has 2 aromatic rings. The van der Waals surface area contributed by atoms with Gasteiger partial charge in [-0.25, -0.2) is 4.98 Å². The summed E-state index contributed by atoms with van der Waals surface area (Å²) in [4.78, 5) is 28.2. The van der Waals surface area contributed by atoms with Crippen LogP contribution in [0.1, 0.15) is 28.4 Å². The summed E-state index contributed by atoms with van der Waals surface area (Å²) in [6.07, 6.45) is 1.19. The van der Waals surface area contributed by atoms with E-state index in [-0.39, 0.29) is 27.5 Å². The van der Waals surface area contributed by atoms with Crippen LogP contribution in [0.4, 0.5) is 19.0 Å². The number of pyridine rings is 1. The highest BCUT2D eigenvalue weighted by Crippen LogP contribution is 2.35. The van der Waals surface area contributed by atoms with Crippen molar-refractivity contribution in [2.24, 2.45) is 21.2 Å². The highest BCUT2D eigenvalue weighted by atomic mass is 19.4. The molecular weight excluding hydrogens is 539 g/mol. The van der Waals surface area contributed by atoms with Gasteiger partial charge >= 0.3 is 6.18 Å². The number of amides is 1. The monoisotopic (exact) mass is 568 g/mol. The van der Waals surface area contributed by atoms with Crippen molar-refractivity contribution in [3.63, 3.8) is 0 Å². The Balaban J connectivity index is 1.21. The molecule has 4 aliphatic heterocycles. The Morgan fingerprint density at radius 1 is 1.24 bits per heavy atom. The molecule has 0 radical (unpaired) electrons. The third kappa shape index (κ3) is 5.34. The number of halogens is 3. The fourth-order valence-corrected chi connectivity index (χ4v) is 5.37. The van der Waals surface area contributed by atoms with E-state index in [2.05, 4.69) is 27.1 Å². The number of aliphatic imine (C=N–C) groups is 2. The van der Waals surface area contributed by atoms with Crippen LogP contribution in [0.15, 0.2) is 76.4 Å². The topological polar surface area (TPSA) is 114 Å². The van der Waals surface area contributed by atoms with Crippen LogP contribution in [-0.4, -0.2) is 78.0 Å². The Morgan fingerprint density at radius 2 is 2.02 bits per heavy atom. The summed E-state index contributed by atoms with van der Waals surface area (Å²) in [5.41, 5.74) is 1.54. The number of nitrogens with one attached hydrogen (secondary N) is 1. The molecule has 10 nitrogen and oxygen atoms in total. The maximum atomic E-state index is 13.0. The van der Waals surface area contributed by atoms with Gasteiger partial charge in [-0.15, -0.1) is 4.59 Å². The minimum Gasteiger partial charge on any atom is -0.380 e. The quantitative estimate of drug-likeness (QED) is 0.408. The summed E-state index contributed by atoms with van der Waals surface area (Å²) >= 11 is 0. The number of fused-ring (bicyclic) bond motifs is 1. The van der Waals surface area contributed by atoms with E-state index in [1.54, 1.807) is 42.9 Å². The van der Waals surface area contributed by atoms with Crippen molar-refractivity contribution in [2.45, 2.75) is 19.2 Å². The van der Waals surface area contributed by atoms with E-state index in [0.717, 1.165) is 44.6 Å². The second-order valence-electron chi connectivity index (χ2n) is 10.9. The number of amidine groups is 1. The number of morpholine rings is 1. The molecule has 2 fully saturated rings. The molecular formula is C28H29F3N7O3+. The van der Waals surface area contributed by atoms with Gasteiger partial charge in [0.2, 0.25) is 5.70 Å². The van der Waals surface area contributed by atoms with Crippen LogP contribution >= 0.6 is 0 Å². The van der Waals surface area contributed by atoms with E-state index in [0.29, 0.717) is 35.9 Å². The Labute approximate surface area is 234 Å². The van der Waals surface area contributed by atoms with Crippen molar-refractivity contribution in [1.82, 2.24) is 9.88 Å². The molecule has 0 bridgehead atoms. The first-order valence-corrected chi connectivity index (χ1v) is 13.1. The Morgan fingerprint density at radius 3 is 2.73 bits per heavy atom. The van der Waals surface area contributed by atoms with Gasteiger partial charge in [-0.2, -0.15) is 24.0 Å².